The van der Waals surface area contributed by atoms with Crippen molar-refractivity contribution in [3.05, 3.63) is 59.7 Å². The van der Waals surface area contributed by atoms with Gasteiger partial charge in [0, 0.05) is 49.0 Å². The molecule has 2 aromatic carbocycles. The second-order valence-corrected chi connectivity index (χ2v) is 11.0. The summed E-state index contributed by atoms with van der Waals surface area (Å²) < 4.78 is 0. The molecule has 2 aliphatic rings. The first-order valence-electron chi connectivity index (χ1n) is 12.9. The van der Waals surface area contributed by atoms with Crippen LogP contribution in [-0.2, 0) is 15.0 Å². The van der Waals surface area contributed by atoms with E-state index in [2.05, 4.69) is 37.1 Å². The highest BCUT2D eigenvalue weighted by molar-refractivity contribution is 6.04. The molecular weight excluding hydrogens is 454 g/mol. The lowest BCUT2D eigenvalue weighted by Crippen LogP contribution is -2.50. The zero-order valence-electron chi connectivity index (χ0n) is 21.5. The lowest BCUT2D eigenvalue weighted by atomic mass is 9.81. The van der Waals surface area contributed by atoms with E-state index in [1.807, 2.05) is 47.4 Å². The SMILES string of the molecule is CC(C)(C)c1cccc(NC(=O)c2ccc(N3CCN(C(=O)C4CCC(C(=O)O)CC4)CC3)cc2)c1. The summed E-state index contributed by atoms with van der Waals surface area (Å²) in [4.78, 5) is 41.0. The van der Waals surface area contributed by atoms with Gasteiger partial charge in [-0.3, -0.25) is 14.4 Å². The number of carbonyl (C=O) groups excluding carboxylic acids is 2. The number of amides is 2. The van der Waals surface area contributed by atoms with Crippen molar-refractivity contribution in [1.82, 2.24) is 4.90 Å². The average molecular weight is 492 g/mol. The first-order valence-corrected chi connectivity index (χ1v) is 12.9. The molecule has 192 valence electrons. The Bertz CT molecular complexity index is 1090. The van der Waals surface area contributed by atoms with Crippen LogP contribution in [-0.4, -0.2) is 54.0 Å². The van der Waals surface area contributed by atoms with Crippen molar-refractivity contribution in [3.63, 3.8) is 0 Å². The number of hydrogen-bond acceptors (Lipinski definition) is 4. The number of carboxylic acids is 1. The molecule has 1 saturated carbocycles. The minimum absolute atomic E-state index is 0.0108. The molecule has 7 nitrogen and oxygen atoms in total. The highest BCUT2D eigenvalue weighted by Gasteiger charge is 2.33. The van der Waals surface area contributed by atoms with Crippen LogP contribution in [0, 0.1) is 11.8 Å². The van der Waals surface area contributed by atoms with Crippen LogP contribution in [0.15, 0.2) is 48.5 Å². The summed E-state index contributed by atoms with van der Waals surface area (Å²) in [6.07, 6.45) is 2.52. The summed E-state index contributed by atoms with van der Waals surface area (Å²) in [5.74, 6) is -1.06. The summed E-state index contributed by atoms with van der Waals surface area (Å²) in [5, 5.41) is 12.2. The molecule has 2 amide bonds. The molecule has 0 radical (unpaired) electrons. The van der Waals surface area contributed by atoms with Gasteiger partial charge in [-0.25, -0.2) is 0 Å². The highest BCUT2D eigenvalue weighted by Crippen LogP contribution is 2.31. The summed E-state index contributed by atoms with van der Waals surface area (Å²) in [6.45, 7) is 9.23. The third-order valence-electron chi connectivity index (χ3n) is 7.50. The van der Waals surface area contributed by atoms with Crippen molar-refractivity contribution in [2.24, 2.45) is 11.8 Å². The molecule has 0 unspecified atom stereocenters. The number of nitrogens with one attached hydrogen (secondary N) is 1. The van der Waals surface area contributed by atoms with Crippen molar-refractivity contribution < 1.29 is 19.5 Å². The lowest BCUT2D eigenvalue weighted by molar-refractivity contribution is -0.145. The number of piperazine rings is 1. The maximum Gasteiger partial charge on any atom is 0.306 e. The van der Waals surface area contributed by atoms with Crippen LogP contribution in [0.25, 0.3) is 0 Å². The van der Waals surface area contributed by atoms with E-state index < -0.39 is 5.97 Å². The molecule has 2 aromatic rings. The van der Waals surface area contributed by atoms with Gasteiger partial charge in [-0.05, 0) is 73.1 Å². The summed E-state index contributed by atoms with van der Waals surface area (Å²) >= 11 is 0. The van der Waals surface area contributed by atoms with Gasteiger partial charge >= 0.3 is 5.97 Å². The number of aliphatic carboxylic acids is 1. The van der Waals surface area contributed by atoms with E-state index >= 15 is 0 Å². The monoisotopic (exact) mass is 491 g/mol. The van der Waals surface area contributed by atoms with Crippen LogP contribution in [0.2, 0.25) is 0 Å². The molecule has 0 atom stereocenters. The molecule has 1 saturated heterocycles. The fourth-order valence-electron chi connectivity index (χ4n) is 5.12. The van der Waals surface area contributed by atoms with Crippen LogP contribution < -0.4 is 10.2 Å². The fourth-order valence-corrected chi connectivity index (χ4v) is 5.12. The number of carboxylic acid groups (broad SMARTS) is 1. The maximum absolute atomic E-state index is 12.9. The third kappa shape index (κ3) is 6.07. The lowest BCUT2D eigenvalue weighted by Gasteiger charge is -2.38. The van der Waals surface area contributed by atoms with E-state index in [0.717, 1.165) is 24.5 Å². The standard InChI is InChI=1S/C29H37N3O4/c1-29(2,3)23-5-4-6-24(19-23)30-26(33)20-11-13-25(14-12-20)31-15-17-32(18-16-31)27(34)21-7-9-22(10-8-21)28(35)36/h4-6,11-14,19,21-22H,7-10,15-18H2,1-3H3,(H,30,33)(H,35,36). The Morgan fingerprint density at radius 3 is 2.06 bits per heavy atom. The van der Waals surface area contributed by atoms with Gasteiger partial charge < -0.3 is 20.2 Å². The summed E-state index contributed by atoms with van der Waals surface area (Å²) in [6, 6.07) is 15.6. The predicted molar refractivity (Wildman–Crippen MR) is 141 cm³/mol. The average Bonchev–Trinajstić information content (AvgIpc) is 2.88. The predicted octanol–water partition coefficient (Wildman–Crippen LogP) is 4.78. The molecule has 0 spiro atoms. The van der Waals surface area contributed by atoms with E-state index in [-0.39, 0.29) is 29.1 Å². The number of benzene rings is 2. The zero-order chi connectivity index (χ0) is 25.9. The van der Waals surface area contributed by atoms with Gasteiger partial charge in [-0.2, -0.15) is 0 Å². The van der Waals surface area contributed by atoms with Gasteiger partial charge in [0.05, 0.1) is 5.92 Å². The Kier molecular flexibility index (Phi) is 7.67. The van der Waals surface area contributed by atoms with E-state index in [9.17, 15) is 19.5 Å². The Morgan fingerprint density at radius 2 is 1.47 bits per heavy atom. The first-order chi connectivity index (χ1) is 17.1. The van der Waals surface area contributed by atoms with E-state index in [0.29, 0.717) is 44.3 Å². The van der Waals surface area contributed by atoms with E-state index in [4.69, 9.17) is 0 Å². The molecule has 1 heterocycles. The number of hydrogen-bond donors (Lipinski definition) is 2. The quantitative estimate of drug-likeness (QED) is 0.629. The minimum atomic E-state index is -0.743. The molecule has 2 fully saturated rings. The van der Waals surface area contributed by atoms with Gasteiger partial charge in [0.25, 0.3) is 5.91 Å². The Hall–Kier alpha value is -3.35. The Labute approximate surface area is 213 Å². The second-order valence-electron chi connectivity index (χ2n) is 11.0. The molecule has 2 N–H and O–H groups in total. The minimum Gasteiger partial charge on any atom is -0.481 e. The molecule has 0 aromatic heterocycles. The van der Waals surface area contributed by atoms with Crippen molar-refractivity contribution in [2.45, 2.75) is 51.9 Å². The van der Waals surface area contributed by atoms with Crippen molar-refractivity contribution >= 4 is 29.2 Å². The Balaban J connectivity index is 1.29. The molecular formula is C29H37N3O4. The largest absolute Gasteiger partial charge is 0.481 e. The van der Waals surface area contributed by atoms with Crippen LogP contribution in [0.4, 0.5) is 11.4 Å². The molecule has 4 rings (SSSR count). The van der Waals surface area contributed by atoms with Gasteiger partial charge in [0.1, 0.15) is 0 Å². The molecule has 7 heteroatoms. The number of carbonyl (C=O) groups is 3. The van der Waals surface area contributed by atoms with Gasteiger partial charge in [-0.1, -0.05) is 32.9 Å². The van der Waals surface area contributed by atoms with Crippen molar-refractivity contribution in [3.8, 4) is 0 Å². The number of rotatable bonds is 5. The van der Waals surface area contributed by atoms with Crippen LogP contribution in [0.1, 0.15) is 62.4 Å². The van der Waals surface area contributed by atoms with Crippen LogP contribution >= 0.6 is 0 Å². The molecule has 36 heavy (non-hydrogen) atoms. The van der Waals surface area contributed by atoms with Gasteiger partial charge in [-0.15, -0.1) is 0 Å². The van der Waals surface area contributed by atoms with E-state index in [1.165, 1.54) is 5.56 Å². The summed E-state index contributed by atoms with van der Waals surface area (Å²) in [5.41, 5.74) is 3.60. The number of nitrogens with zero attached hydrogens (tertiary/aromatic N) is 2. The topological polar surface area (TPSA) is 90.0 Å². The fraction of sp³-hybridized carbons (Fsp3) is 0.483. The van der Waals surface area contributed by atoms with E-state index in [1.54, 1.807) is 0 Å². The number of anilines is 2. The first kappa shape index (κ1) is 25.7. The van der Waals surface area contributed by atoms with Crippen molar-refractivity contribution in [1.29, 1.82) is 0 Å². The second kappa shape index (κ2) is 10.7. The zero-order valence-corrected chi connectivity index (χ0v) is 21.5. The third-order valence-corrected chi connectivity index (χ3v) is 7.50. The smallest absolute Gasteiger partial charge is 0.306 e. The maximum atomic E-state index is 12.9. The van der Waals surface area contributed by atoms with Crippen LogP contribution in [0.3, 0.4) is 0 Å². The Morgan fingerprint density at radius 1 is 0.861 bits per heavy atom. The van der Waals surface area contributed by atoms with Crippen LogP contribution in [0.5, 0.6) is 0 Å². The molecule has 0 bridgehead atoms. The molecule has 1 aliphatic heterocycles. The normalized spacial score (nSPS) is 20.6. The van der Waals surface area contributed by atoms with Gasteiger partial charge in [0.2, 0.25) is 5.91 Å². The van der Waals surface area contributed by atoms with Crippen molar-refractivity contribution in [2.75, 3.05) is 36.4 Å². The molecule has 1 aliphatic carbocycles. The summed E-state index contributed by atoms with van der Waals surface area (Å²) in [7, 11) is 0. The highest BCUT2D eigenvalue weighted by atomic mass is 16.4. The van der Waals surface area contributed by atoms with Gasteiger partial charge in [0.15, 0.2) is 0 Å².